The van der Waals surface area contributed by atoms with E-state index in [0.29, 0.717) is 18.2 Å². The SMILES string of the molecule is CCC(C)C1CN(CC2CCC(C)O2)C(C2CC2)CN1. The first-order valence-electron chi connectivity index (χ1n) is 8.80. The number of piperazine rings is 1. The molecule has 0 aromatic rings. The van der Waals surface area contributed by atoms with Crippen molar-refractivity contribution >= 4 is 0 Å². The van der Waals surface area contributed by atoms with E-state index in [1.807, 2.05) is 0 Å². The summed E-state index contributed by atoms with van der Waals surface area (Å²) in [5.74, 6) is 1.74. The van der Waals surface area contributed by atoms with Crippen LogP contribution >= 0.6 is 0 Å². The van der Waals surface area contributed by atoms with Crippen LogP contribution in [0.2, 0.25) is 0 Å². The molecule has 3 aliphatic rings. The van der Waals surface area contributed by atoms with Gasteiger partial charge in [0.25, 0.3) is 0 Å². The summed E-state index contributed by atoms with van der Waals surface area (Å²) in [5.41, 5.74) is 0. The van der Waals surface area contributed by atoms with Gasteiger partial charge >= 0.3 is 0 Å². The maximum atomic E-state index is 6.07. The minimum Gasteiger partial charge on any atom is -0.374 e. The summed E-state index contributed by atoms with van der Waals surface area (Å²) < 4.78 is 6.07. The molecule has 3 rings (SSSR count). The van der Waals surface area contributed by atoms with E-state index in [9.17, 15) is 0 Å². The second-order valence-electron chi connectivity index (χ2n) is 7.41. The summed E-state index contributed by atoms with van der Waals surface area (Å²) in [5, 5.41) is 3.82. The number of rotatable bonds is 5. The van der Waals surface area contributed by atoms with Crippen LogP contribution < -0.4 is 5.32 Å². The number of hydrogen-bond acceptors (Lipinski definition) is 3. The van der Waals surface area contributed by atoms with Crippen molar-refractivity contribution in [2.45, 2.75) is 77.2 Å². The lowest BCUT2D eigenvalue weighted by atomic mass is 9.94. The predicted molar refractivity (Wildman–Crippen MR) is 82.9 cm³/mol. The molecule has 3 heteroatoms. The maximum Gasteiger partial charge on any atom is 0.0706 e. The van der Waals surface area contributed by atoms with Crippen molar-refractivity contribution in [1.82, 2.24) is 10.2 Å². The number of hydrogen-bond donors (Lipinski definition) is 1. The van der Waals surface area contributed by atoms with Gasteiger partial charge < -0.3 is 10.1 Å². The Morgan fingerprint density at radius 1 is 1.25 bits per heavy atom. The molecule has 3 nitrogen and oxygen atoms in total. The third-order valence-corrected chi connectivity index (χ3v) is 5.74. The molecule has 0 radical (unpaired) electrons. The Labute approximate surface area is 124 Å². The van der Waals surface area contributed by atoms with Gasteiger partial charge in [0.1, 0.15) is 0 Å². The molecule has 1 aliphatic carbocycles. The summed E-state index contributed by atoms with van der Waals surface area (Å²) in [6.07, 6.45) is 7.64. The molecular weight excluding hydrogens is 248 g/mol. The van der Waals surface area contributed by atoms with Crippen LogP contribution in [0.5, 0.6) is 0 Å². The lowest BCUT2D eigenvalue weighted by Gasteiger charge is -2.43. The maximum absolute atomic E-state index is 6.07. The standard InChI is InChI=1S/C17H32N2O/c1-4-12(2)16-11-19(10-15-8-5-13(3)20-15)17(9-18-16)14-6-7-14/h12-18H,4-11H2,1-3H3. The minimum atomic E-state index is 0.479. The second kappa shape index (κ2) is 6.33. The number of nitrogens with one attached hydrogen (secondary N) is 1. The molecule has 0 aromatic heterocycles. The average molecular weight is 280 g/mol. The van der Waals surface area contributed by atoms with Gasteiger partial charge in [-0.1, -0.05) is 20.3 Å². The quantitative estimate of drug-likeness (QED) is 0.838. The van der Waals surface area contributed by atoms with Gasteiger partial charge in [0, 0.05) is 31.7 Å². The monoisotopic (exact) mass is 280 g/mol. The highest BCUT2D eigenvalue weighted by molar-refractivity contribution is 4.97. The van der Waals surface area contributed by atoms with Gasteiger partial charge in [0.05, 0.1) is 12.2 Å². The fraction of sp³-hybridized carbons (Fsp3) is 1.00. The molecule has 2 heterocycles. The molecule has 5 atom stereocenters. The Kier molecular flexibility index (Phi) is 4.68. The van der Waals surface area contributed by atoms with Crippen LogP contribution in [-0.4, -0.2) is 48.8 Å². The molecule has 5 unspecified atom stereocenters. The molecule has 0 bridgehead atoms. The smallest absolute Gasteiger partial charge is 0.0706 e. The second-order valence-corrected chi connectivity index (χ2v) is 7.41. The number of ether oxygens (including phenoxy) is 1. The van der Waals surface area contributed by atoms with Crippen molar-refractivity contribution < 1.29 is 4.74 Å². The van der Waals surface area contributed by atoms with Crippen LogP contribution in [0.25, 0.3) is 0 Å². The van der Waals surface area contributed by atoms with Crippen LogP contribution in [0.15, 0.2) is 0 Å². The Bertz CT molecular complexity index is 316. The van der Waals surface area contributed by atoms with E-state index in [-0.39, 0.29) is 0 Å². The molecule has 20 heavy (non-hydrogen) atoms. The van der Waals surface area contributed by atoms with E-state index in [4.69, 9.17) is 4.74 Å². The fourth-order valence-electron chi connectivity index (χ4n) is 3.96. The largest absolute Gasteiger partial charge is 0.374 e. The van der Waals surface area contributed by atoms with Gasteiger partial charge in [-0.2, -0.15) is 0 Å². The van der Waals surface area contributed by atoms with Crippen molar-refractivity contribution in [3.63, 3.8) is 0 Å². The molecule has 3 fully saturated rings. The number of nitrogens with zero attached hydrogens (tertiary/aromatic N) is 1. The van der Waals surface area contributed by atoms with Gasteiger partial charge in [-0.15, -0.1) is 0 Å². The molecule has 1 N–H and O–H groups in total. The van der Waals surface area contributed by atoms with Gasteiger partial charge in [-0.05, 0) is 44.4 Å². The van der Waals surface area contributed by atoms with Gasteiger partial charge in [-0.3, -0.25) is 4.90 Å². The highest BCUT2D eigenvalue weighted by Crippen LogP contribution is 2.37. The third kappa shape index (κ3) is 3.37. The molecule has 0 amide bonds. The van der Waals surface area contributed by atoms with Crippen molar-refractivity contribution in [3.8, 4) is 0 Å². The third-order valence-electron chi connectivity index (χ3n) is 5.74. The van der Waals surface area contributed by atoms with E-state index in [1.165, 1.54) is 51.7 Å². The lowest BCUT2D eigenvalue weighted by Crippen LogP contribution is -2.60. The Morgan fingerprint density at radius 3 is 2.65 bits per heavy atom. The van der Waals surface area contributed by atoms with Crippen LogP contribution in [0, 0.1) is 11.8 Å². The van der Waals surface area contributed by atoms with Crippen LogP contribution in [-0.2, 0) is 4.74 Å². The van der Waals surface area contributed by atoms with Gasteiger partial charge in [0.15, 0.2) is 0 Å². The summed E-state index contributed by atoms with van der Waals surface area (Å²) in [6.45, 7) is 10.5. The molecule has 0 aromatic carbocycles. The molecule has 116 valence electrons. The summed E-state index contributed by atoms with van der Waals surface area (Å²) in [7, 11) is 0. The highest BCUT2D eigenvalue weighted by Gasteiger charge is 2.40. The van der Waals surface area contributed by atoms with Crippen molar-refractivity contribution in [2.75, 3.05) is 19.6 Å². The van der Waals surface area contributed by atoms with Gasteiger partial charge in [-0.25, -0.2) is 0 Å². The topological polar surface area (TPSA) is 24.5 Å². The van der Waals surface area contributed by atoms with Crippen molar-refractivity contribution in [3.05, 3.63) is 0 Å². The van der Waals surface area contributed by atoms with Crippen LogP contribution in [0.1, 0.15) is 52.9 Å². The Hall–Kier alpha value is -0.120. The zero-order chi connectivity index (χ0) is 14.1. The molecule has 0 spiro atoms. The van der Waals surface area contributed by atoms with Crippen molar-refractivity contribution in [2.24, 2.45) is 11.8 Å². The molecule has 2 aliphatic heterocycles. The summed E-state index contributed by atoms with van der Waals surface area (Å²) >= 11 is 0. The first-order valence-corrected chi connectivity index (χ1v) is 8.80. The Morgan fingerprint density at radius 2 is 2.05 bits per heavy atom. The first-order chi connectivity index (χ1) is 9.67. The summed E-state index contributed by atoms with van der Waals surface area (Å²) in [4.78, 5) is 2.77. The average Bonchev–Trinajstić information content (AvgIpc) is 3.21. The zero-order valence-electron chi connectivity index (χ0n) is 13.5. The van der Waals surface area contributed by atoms with Crippen LogP contribution in [0.3, 0.4) is 0 Å². The molecule has 1 saturated carbocycles. The molecule has 2 saturated heterocycles. The Balaban J connectivity index is 1.59. The fourth-order valence-corrected chi connectivity index (χ4v) is 3.96. The van der Waals surface area contributed by atoms with E-state index in [0.717, 1.165) is 17.9 Å². The predicted octanol–water partition coefficient (Wildman–Crippen LogP) is 2.65. The van der Waals surface area contributed by atoms with Crippen LogP contribution in [0.4, 0.5) is 0 Å². The lowest BCUT2D eigenvalue weighted by molar-refractivity contribution is 0.00320. The van der Waals surface area contributed by atoms with Gasteiger partial charge in [0.2, 0.25) is 0 Å². The summed E-state index contributed by atoms with van der Waals surface area (Å²) in [6, 6.07) is 1.45. The van der Waals surface area contributed by atoms with E-state index >= 15 is 0 Å². The van der Waals surface area contributed by atoms with E-state index in [1.54, 1.807) is 0 Å². The minimum absolute atomic E-state index is 0.479. The first kappa shape index (κ1) is 14.8. The normalized spacial score (nSPS) is 41.0. The zero-order valence-corrected chi connectivity index (χ0v) is 13.5. The molecular formula is C17H32N2O. The highest BCUT2D eigenvalue weighted by atomic mass is 16.5. The van der Waals surface area contributed by atoms with E-state index < -0.39 is 0 Å². The van der Waals surface area contributed by atoms with Crippen molar-refractivity contribution in [1.29, 1.82) is 0 Å². The van der Waals surface area contributed by atoms with E-state index in [2.05, 4.69) is 31.0 Å².